The SMILES string of the molecule is CCOC(=O)/C(C#N)=C/c1cc(OC)c(OC)c(OC)c1. The molecule has 0 saturated heterocycles. The summed E-state index contributed by atoms with van der Waals surface area (Å²) in [6, 6.07) is 5.09. The highest BCUT2D eigenvalue weighted by molar-refractivity contribution is 5.98. The zero-order valence-electron chi connectivity index (χ0n) is 12.4. The van der Waals surface area contributed by atoms with Crippen LogP contribution in [-0.2, 0) is 9.53 Å². The Labute approximate surface area is 123 Å². The highest BCUT2D eigenvalue weighted by atomic mass is 16.5. The quantitative estimate of drug-likeness (QED) is 0.454. The third-order valence-corrected chi connectivity index (χ3v) is 2.61. The molecule has 0 N–H and O–H groups in total. The van der Waals surface area contributed by atoms with Gasteiger partial charge in [0.25, 0.3) is 0 Å². The van der Waals surface area contributed by atoms with Crippen LogP contribution in [0.15, 0.2) is 17.7 Å². The Hall–Kier alpha value is -2.68. The topological polar surface area (TPSA) is 77.8 Å². The fraction of sp³-hybridized carbons (Fsp3) is 0.333. The van der Waals surface area contributed by atoms with Crippen molar-refractivity contribution < 1.29 is 23.7 Å². The minimum atomic E-state index is -0.672. The van der Waals surface area contributed by atoms with E-state index in [0.29, 0.717) is 22.8 Å². The van der Waals surface area contributed by atoms with Gasteiger partial charge in [-0.2, -0.15) is 5.26 Å². The molecule has 6 nitrogen and oxygen atoms in total. The van der Waals surface area contributed by atoms with Gasteiger partial charge in [0.05, 0.1) is 27.9 Å². The van der Waals surface area contributed by atoms with E-state index in [1.165, 1.54) is 27.4 Å². The summed E-state index contributed by atoms with van der Waals surface area (Å²) in [5.74, 6) is 0.633. The smallest absolute Gasteiger partial charge is 0.348 e. The highest BCUT2D eigenvalue weighted by Gasteiger charge is 2.15. The third-order valence-electron chi connectivity index (χ3n) is 2.61. The lowest BCUT2D eigenvalue weighted by molar-refractivity contribution is -0.137. The van der Waals surface area contributed by atoms with E-state index >= 15 is 0 Å². The average molecular weight is 291 g/mol. The Morgan fingerprint density at radius 3 is 2.14 bits per heavy atom. The normalized spacial score (nSPS) is 10.5. The first kappa shape index (κ1) is 16.4. The predicted molar refractivity (Wildman–Crippen MR) is 76.3 cm³/mol. The molecule has 1 aromatic rings. The summed E-state index contributed by atoms with van der Waals surface area (Å²) in [6.45, 7) is 1.87. The number of carbonyl (C=O) groups excluding carboxylic acids is 1. The zero-order valence-corrected chi connectivity index (χ0v) is 12.4. The molecule has 1 aromatic carbocycles. The summed E-state index contributed by atoms with van der Waals surface area (Å²) in [4.78, 5) is 11.6. The van der Waals surface area contributed by atoms with Crippen LogP contribution >= 0.6 is 0 Å². The number of ether oxygens (including phenoxy) is 4. The molecular weight excluding hydrogens is 274 g/mol. The van der Waals surface area contributed by atoms with E-state index in [0.717, 1.165) is 0 Å². The van der Waals surface area contributed by atoms with Gasteiger partial charge in [-0.05, 0) is 30.7 Å². The number of nitrogens with zero attached hydrogens (tertiary/aromatic N) is 1. The van der Waals surface area contributed by atoms with Gasteiger partial charge in [0.15, 0.2) is 11.5 Å². The fourth-order valence-corrected chi connectivity index (χ4v) is 1.70. The van der Waals surface area contributed by atoms with E-state index < -0.39 is 5.97 Å². The van der Waals surface area contributed by atoms with Gasteiger partial charge < -0.3 is 18.9 Å². The average Bonchev–Trinajstić information content (AvgIpc) is 2.51. The number of esters is 1. The van der Waals surface area contributed by atoms with E-state index in [4.69, 9.17) is 24.2 Å². The van der Waals surface area contributed by atoms with Crippen molar-refractivity contribution in [3.63, 3.8) is 0 Å². The van der Waals surface area contributed by atoms with E-state index in [9.17, 15) is 4.79 Å². The van der Waals surface area contributed by atoms with Crippen LogP contribution in [0.4, 0.5) is 0 Å². The van der Waals surface area contributed by atoms with Gasteiger partial charge in [-0.1, -0.05) is 0 Å². The van der Waals surface area contributed by atoms with Crippen molar-refractivity contribution in [1.29, 1.82) is 5.26 Å². The zero-order chi connectivity index (χ0) is 15.8. The Morgan fingerprint density at radius 2 is 1.76 bits per heavy atom. The molecule has 0 aromatic heterocycles. The van der Waals surface area contributed by atoms with Crippen molar-refractivity contribution in [2.75, 3.05) is 27.9 Å². The van der Waals surface area contributed by atoms with Crippen molar-refractivity contribution in [2.45, 2.75) is 6.92 Å². The molecular formula is C15H17NO5. The molecule has 112 valence electrons. The largest absolute Gasteiger partial charge is 0.493 e. The molecule has 1 rings (SSSR count). The van der Waals surface area contributed by atoms with Crippen molar-refractivity contribution in [1.82, 2.24) is 0 Å². The van der Waals surface area contributed by atoms with Crippen molar-refractivity contribution in [3.8, 4) is 23.3 Å². The molecule has 0 saturated carbocycles. The number of methoxy groups -OCH3 is 3. The summed E-state index contributed by atoms with van der Waals surface area (Å²) in [5.41, 5.74) is 0.459. The van der Waals surface area contributed by atoms with E-state index in [-0.39, 0.29) is 12.2 Å². The molecule has 0 aliphatic heterocycles. The molecule has 0 unspecified atom stereocenters. The lowest BCUT2D eigenvalue weighted by Crippen LogP contribution is -2.06. The molecule has 0 bridgehead atoms. The van der Waals surface area contributed by atoms with Crippen LogP contribution in [0.25, 0.3) is 6.08 Å². The maximum atomic E-state index is 11.6. The van der Waals surface area contributed by atoms with Gasteiger partial charge in [-0.25, -0.2) is 4.79 Å². The molecule has 0 radical (unpaired) electrons. The molecule has 21 heavy (non-hydrogen) atoms. The van der Waals surface area contributed by atoms with Gasteiger partial charge in [0.1, 0.15) is 11.6 Å². The Kier molecular flexibility index (Phi) is 6.08. The third kappa shape index (κ3) is 3.89. The van der Waals surface area contributed by atoms with Gasteiger partial charge in [-0.3, -0.25) is 0 Å². The summed E-state index contributed by atoms with van der Waals surface area (Å²) in [7, 11) is 4.47. The first-order valence-electron chi connectivity index (χ1n) is 6.20. The van der Waals surface area contributed by atoms with Crippen LogP contribution in [0.3, 0.4) is 0 Å². The highest BCUT2D eigenvalue weighted by Crippen LogP contribution is 2.38. The van der Waals surface area contributed by atoms with E-state index in [1.807, 2.05) is 6.07 Å². The Balaban J connectivity index is 3.30. The molecule has 0 spiro atoms. The fourth-order valence-electron chi connectivity index (χ4n) is 1.70. The van der Waals surface area contributed by atoms with Crippen LogP contribution in [0.1, 0.15) is 12.5 Å². The lowest BCUT2D eigenvalue weighted by atomic mass is 10.1. The first-order valence-corrected chi connectivity index (χ1v) is 6.20. The minimum Gasteiger partial charge on any atom is -0.493 e. The van der Waals surface area contributed by atoms with Crippen molar-refractivity contribution in [2.24, 2.45) is 0 Å². The molecule has 0 amide bonds. The predicted octanol–water partition coefficient (Wildman–Crippen LogP) is 2.18. The summed E-state index contributed by atoms with van der Waals surface area (Å²) < 4.78 is 20.4. The first-order chi connectivity index (χ1) is 10.1. The number of rotatable bonds is 6. The molecule has 6 heteroatoms. The van der Waals surface area contributed by atoms with Gasteiger partial charge in [0, 0.05) is 0 Å². The maximum absolute atomic E-state index is 11.6. The number of hydrogen-bond acceptors (Lipinski definition) is 6. The van der Waals surface area contributed by atoms with Gasteiger partial charge in [0.2, 0.25) is 5.75 Å². The summed E-state index contributed by atoms with van der Waals surface area (Å²) in [6.07, 6.45) is 1.41. The maximum Gasteiger partial charge on any atom is 0.348 e. The molecule has 0 heterocycles. The standard InChI is InChI=1S/C15H17NO5/c1-5-21-15(17)11(9-16)6-10-7-12(18-2)14(20-4)13(8-10)19-3/h6-8H,5H2,1-4H3/b11-6+. The monoisotopic (exact) mass is 291 g/mol. The number of hydrogen-bond donors (Lipinski definition) is 0. The van der Waals surface area contributed by atoms with E-state index in [1.54, 1.807) is 19.1 Å². The minimum absolute atomic E-state index is 0.105. The Bertz CT molecular complexity index is 561. The molecule has 0 aliphatic carbocycles. The second kappa shape index (κ2) is 7.80. The van der Waals surface area contributed by atoms with Crippen LogP contribution in [0.5, 0.6) is 17.2 Å². The number of benzene rings is 1. The van der Waals surface area contributed by atoms with Crippen molar-refractivity contribution in [3.05, 3.63) is 23.3 Å². The lowest BCUT2D eigenvalue weighted by Gasteiger charge is -2.13. The second-order valence-electron chi connectivity index (χ2n) is 3.85. The summed E-state index contributed by atoms with van der Waals surface area (Å²) >= 11 is 0. The molecule has 0 atom stereocenters. The van der Waals surface area contributed by atoms with E-state index in [2.05, 4.69) is 0 Å². The van der Waals surface area contributed by atoms with Crippen LogP contribution in [0.2, 0.25) is 0 Å². The molecule has 0 aliphatic rings. The van der Waals surface area contributed by atoms with Crippen molar-refractivity contribution >= 4 is 12.0 Å². The van der Waals surface area contributed by atoms with Gasteiger partial charge in [-0.15, -0.1) is 0 Å². The summed E-state index contributed by atoms with van der Waals surface area (Å²) in [5, 5.41) is 9.03. The van der Waals surface area contributed by atoms with Crippen LogP contribution in [0, 0.1) is 11.3 Å². The molecule has 0 fully saturated rings. The van der Waals surface area contributed by atoms with Crippen LogP contribution < -0.4 is 14.2 Å². The number of carbonyl (C=O) groups is 1. The van der Waals surface area contributed by atoms with Crippen LogP contribution in [-0.4, -0.2) is 33.9 Å². The Morgan fingerprint density at radius 1 is 1.19 bits per heavy atom. The van der Waals surface area contributed by atoms with Gasteiger partial charge >= 0.3 is 5.97 Å². The number of nitriles is 1. The second-order valence-corrected chi connectivity index (χ2v) is 3.85.